The van der Waals surface area contributed by atoms with Crippen LogP contribution in [-0.4, -0.2) is 15.6 Å². The van der Waals surface area contributed by atoms with Gasteiger partial charge in [-0.3, -0.25) is 9.48 Å². The van der Waals surface area contributed by atoms with Crippen LogP contribution in [-0.2, 0) is 7.05 Å². The van der Waals surface area contributed by atoms with E-state index in [-0.39, 0.29) is 5.78 Å². The summed E-state index contributed by atoms with van der Waals surface area (Å²) in [5.74, 6) is 0.0595. The third kappa shape index (κ3) is 1.85. The van der Waals surface area contributed by atoms with Gasteiger partial charge in [-0.15, -0.1) is 11.3 Å². The summed E-state index contributed by atoms with van der Waals surface area (Å²) in [5, 5.41) is 3.99. The van der Waals surface area contributed by atoms with Crippen LogP contribution in [0.25, 0.3) is 0 Å². The van der Waals surface area contributed by atoms with Gasteiger partial charge in [0.25, 0.3) is 0 Å². The molecule has 2 rings (SSSR count). The Morgan fingerprint density at radius 3 is 2.67 bits per heavy atom. The molecule has 4 heteroatoms. The highest BCUT2D eigenvalue weighted by atomic mass is 32.1. The summed E-state index contributed by atoms with van der Waals surface area (Å²) in [5.41, 5.74) is 1.82. The molecule has 3 nitrogen and oxygen atoms in total. The molecule has 0 amide bonds. The lowest BCUT2D eigenvalue weighted by atomic mass is 10.2. The number of aromatic nitrogens is 2. The second-order valence-electron chi connectivity index (χ2n) is 3.58. The summed E-state index contributed by atoms with van der Waals surface area (Å²) in [6.07, 6.45) is 3.35. The number of aryl methyl sites for hydroxylation is 3. The predicted molar refractivity (Wildman–Crippen MR) is 60.4 cm³/mol. The minimum absolute atomic E-state index is 0.0595. The molecule has 0 atom stereocenters. The van der Waals surface area contributed by atoms with E-state index < -0.39 is 0 Å². The number of thiophene rings is 1. The van der Waals surface area contributed by atoms with Crippen molar-refractivity contribution in [3.05, 3.63) is 39.3 Å². The Labute approximate surface area is 92.4 Å². The number of nitrogens with zero attached hydrogens (tertiary/aromatic N) is 2. The smallest absolute Gasteiger partial charge is 0.206 e. The first-order chi connectivity index (χ1) is 7.08. The lowest BCUT2D eigenvalue weighted by molar-refractivity contribution is 0.104. The number of ketones is 1. The molecule has 15 heavy (non-hydrogen) atoms. The number of carbonyl (C=O) groups excluding carboxylic acids is 1. The molecule has 0 saturated carbocycles. The molecule has 0 unspecified atom stereocenters. The number of carbonyl (C=O) groups is 1. The largest absolute Gasteiger partial charge is 0.288 e. The van der Waals surface area contributed by atoms with Crippen LogP contribution in [0.1, 0.15) is 25.7 Å². The van der Waals surface area contributed by atoms with Crippen LogP contribution in [0.15, 0.2) is 18.5 Å². The Kier molecular flexibility index (Phi) is 2.44. The molecule has 2 aromatic rings. The van der Waals surface area contributed by atoms with Gasteiger partial charge < -0.3 is 0 Å². The predicted octanol–water partition coefficient (Wildman–Crippen LogP) is 2.33. The summed E-state index contributed by atoms with van der Waals surface area (Å²) in [6.45, 7) is 4.05. The van der Waals surface area contributed by atoms with Gasteiger partial charge in [-0.1, -0.05) is 0 Å². The van der Waals surface area contributed by atoms with Crippen molar-refractivity contribution in [2.75, 3.05) is 0 Å². The topological polar surface area (TPSA) is 34.9 Å². The molecule has 0 saturated heterocycles. The monoisotopic (exact) mass is 220 g/mol. The molecule has 0 fully saturated rings. The number of hydrogen-bond donors (Lipinski definition) is 0. The maximum Gasteiger partial charge on any atom is 0.206 e. The summed E-state index contributed by atoms with van der Waals surface area (Å²) in [6, 6.07) is 1.94. The average molecular weight is 220 g/mol. The lowest BCUT2D eigenvalue weighted by Gasteiger charge is -1.90. The Morgan fingerprint density at radius 1 is 1.47 bits per heavy atom. The van der Waals surface area contributed by atoms with E-state index in [4.69, 9.17) is 0 Å². The summed E-state index contributed by atoms with van der Waals surface area (Å²) < 4.78 is 1.64. The molecule has 2 aromatic heterocycles. The van der Waals surface area contributed by atoms with Crippen LogP contribution in [0.2, 0.25) is 0 Å². The number of rotatable bonds is 2. The second-order valence-corrected chi connectivity index (χ2v) is 4.84. The summed E-state index contributed by atoms with van der Waals surface area (Å²) in [7, 11) is 1.81. The minimum atomic E-state index is 0.0595. The van der Waals surface area contributed by atoms with Crippen LogP contribution in [0.4, 0.5) is 0 Å². The molecule has 0 spiro atoms. The van der Waals surface area contributed by atoms with Crippen molar-refractivity contribution in [2.24, 2.45) is 7.05 Å². The molecular formula is C11H12N2OS. The fourth-order valence-electron chi connectivity index (χ4n) is 1.37. The lowest BCUT2D eigenvalue weighted by Crippen LogP contribution is -1.96. The Bertz CT molecular complexity index is 491. The van der Waals surface area contributed by atoms with Gasteiger partial charge in [-0.25, -0.2) is 0 Å². The maximum atomic E-state index is 12.0. The van der Waals surface area contributed by atoms with Gasteiger partial charge in [-0.2, -0.15) is 5.10 Å². The summed E-state index contributed by atoms with van der Waals surface area (Å²) in [4.78, 5) is 14.0. The van der Waals surface area contributed by atoms with Crippen LogP contribution in [0.5, 0.6) is 0 Å². The van der Waals surface area contributed by atoms with Crippen molar-refractivity contribution >= 4 is 17.1 Å². The van der Waals surface area contributed by atoms with Crippen molar-refractivity contribution in [2.45, 2.75) is 13.8 Å². The third-order valence-electron chi connectivity index (χ3n) is 2.36. The van der Waals surface area contributed by atoms with E-state index in [0.717, 1.165) is 4.88 Å². The highest BCUT2D eigenvalue weighted by Gasteiger charge is 2.14. The molecule has 0 bridgehead atoms. The Balaban J connectivity index is 2.36. The first kappa shape index (κ1) is 10.1. The first-order valence-corrected chi connectivity index (χ1v) is 5.50. The molecule has 0 aliphatic rings. The average Bonchev–Trinajstić information content (AvgIpc) is 2.74. The molecular weight excluding hydrogens is 208 g/mol. The van der Waals surface area contributed by atoms with Gasteiger partial charge in [0.1, 0.15) is 0 Å². The van der Waals surface area contributed by atoms with E-state index in [0.29, 0.717) is 5.56 Å². The highest BCUT2D eigenvalue weighted by Crippen LogP contribution is 2.23. The molecule has 0 aromatic carbocycles. The molecule has 2 heterocycles. The molecule has 0 aliphatic heterocycles. The standard InChI is InChI=1S/C11H12N2OS/c1-7-4-10(15-8(7)2)11(14)9-5-12-13(3)6-9/h4-6H,1-3H3. The van der Waals surface area contributed by atoms with Gasteiger partial charge in [0, 0.05) is 18.1 Å². The van der Waals surface area contributed by atoms with E-state index in [1.165, 1.54) is 21.8 Å². The van der Waals surface area contributed by atoms with Gasteiger partial charge in [0.2, 0.25) is 5.78 Å². The normalized spacial score (nSPS) is 10.6. The van der Waals surface area contributed by atoms with E-state index in [1.807, 2.05) is 27.0 Å². The van der Waals surface area contributed by atoms with Gasteiger partial charge in [0.05, 0.1) is 16.6 Å². The fourth-order valence-corrected chi connectivity index (χ4v) is 2.36. The van der Waals surface area contributed by atoms with Crippen LogP contribution in [0, 0.1) is 13.8 Å². The zero-order valence-electron chi connectivity index (χ0n) is 8.94. The van der Waals surface area contributed by atoms with E-state index in [1.54, 1.807) is 17.1 Å². The van der Waals surface area contributed by atoms with Crippen molar-refractivity contribution in [3.63, 3.8) is 0 Å². The molecule has 78 valence electrons. The van der Waals surface area contributed by atoms with Crippen LogP contribution >= 0.6 is 11.3 Å². The highest BCUT2D eigenvalue weighted by molar-refractivity contribution is 7.14. The fraction of sp³-hybridized carbons (Fsp3) is 0.273. The van der Waals surface area contributed by atoms with Crippen molar-refractivity contribution in [1.82, 2.24) is 9.78 Å². The SMILES string of the molecule is Cc1cc(C(=O)c2cnn(C)c2)sc1C. The van der Waals surface area contributed by atoms with Crippen molar-refractivity contribution in [3.8, 4) is 0 Å². The summed E-state index contributed by atoms with van der Waals surface area (Å²) >= 11 is 1.54. The Hall–Kier alpha value is -1.42. The quantitative estimate of drug-likeness (QED) is 0.728. The van der Waals surface area contributed by atoms with Crippen molar-refractivity contribution in [1.29, 1.82) is 0 Å². The van der Waals surface area contributed by atoms with Crippen LogP contribution in [0.3, 0.4) is 0 Å². The van der Waals surface area contributed by atoms with Crippen molar-refractivity contribution < 1.29 is 4.79 Å². The third-order valence-corrected chi connectivity index (χ3v) is 3.51. The maximum absolute atomic E-state index is 12.0. The van der Waals surface area contributed by atoms with E-state index >= 15 is 0 Å². The first-order valence-electron chi connectivity index (χ1n) is 4.68. The number of hydrogen-bond acceptors (Lipinski definition) is 3. The zero-order valence-corrected chi connectivity index (χ0v) is 9.76. The Morgan fingerprint density at radius 2 is 2.20 bits per heavy atom. The van der Waals surface area contributed by atoms with E-state index in [9.17, 15) is 4.79 Å². The second kappa shape index (κ2) is 3.62. The van der Waals surface area contributed by atoms with Gasteiger partial charge in [-0.05, 0) is 25.5 Å². The van der Waals surface area contributed by atoms with E-state index in [2.05, 4.69) is 5.10 Å². The van der Waals surface area contributed by atoms with Gasteiger partial charge in [0.15, 0.2) is 0 Å². The molecule has 0 aliphatic carbocycles. The van der Waals surface area contributed by atoms with Crippen LogP contribution < -0.4 is 0 Å². The minimum Gasteiger partial charge on any atom is -0.288 e. The molecule has 0 radical (unpaired) electrons. The van der Waals surface area contributed by atoms with Gasteiger partial charge >= 0.3 is 0 Å². The molecule has 0 N–H and O–H groups in total. The zero-order chi connectivity index (χ0) is 11.0.